The fraction of sp³-hybridized carbons (Fsp3) is 0.818. The third-order valence-corrected chi connectivity index (χ3v) is 4.25. The molecule has 1 aliphatic rings. The van der Waals surface area contributed by atoms with Gasteiger partial charge in [0.05, 0.1) is 0 Å². The van der Waals surface area contributed by atoms with Crippen LogP contribution in [-0.2, 0) is 6.18 Å². The first-order chi connectivity index (χ1) is 8.49. The Morgan fingerprint density at radius 1 is 1.33 bits per heavy atom. The summed E-state index contributed by atoms with van der Waals surface area (Å²) in [4.78, 5) is 0. The zero-order valence-corrected chi connectivity index (χ0v) is 10.9. The SMILES string of the molecule is CCC1CCCC(Nc2nnc(C(F)(F)F)s2)C1. The largest absolute Gasteiger partial charge is 0.445 e. The van der Waals surface area contributed by atoms with E-state index in [2.05, 4.69) is 22.4 Å². The number of halogens is 3. The number of rotatable bonds is 3. The van der Waals surface area contributed by atoms with Gasteiger partial charge in [-0.3, -0.25) is 0 Å². The lowest BCUT2D eigenvalue weighted by Crippen LogP contribution is -2.26. The van der Waals surface area contributed by atoms with Crippen LogP contribution in [-0.4, -0.2) is 16.2 Å². The van der Waals surface area contributed by atoms with Gasteiger partial charge in [0, 0.05) is 6.04 Å². The predicted octanol–water partition coefficient (Wildman–Crippen LogP) is 3.94. The summed E-state index contributed by atoms with van der Waals surface area (Å²) in [6.45, 7) is 2.15. The first kappa shape index (κ1) is 13.6. The molecule has 0 spiro atoms. The van der Waals surface area contributed by atoms with Gasteiger partial charge >= 0.3 is 6.18 Å². The Morgan fingerprint density at radius 3 is 2.72 bits per heavy atom. The molecule has 1 aromatic heterocycles. The van der Waals surface area contributed by atoms with Gasteiger partial charge in [-0.25, -0.2) is 0 Å². The van der Waals surface area contributed by atoms with Gasteiger partial charge in [0.2, 0.25) is 10.1 Å². The summed E-state index contributed by atoms with van der Waals surface area (Å²) >= 11 is 0.584. The lowest BCUT2D eigenvalue weighted by atomic mass is 9.84. The highest BCUT2D eigenvalue weighted by Gasteiger charge is 2.36. The van der Waals surface area contributed by atoms with Gasteiger partial charge in [0.25, 0.3) is 0 Å². The van der Waals surface area contributed by atoms with Gasteiger partial charge < -0.3 is 5.32 Å². The summed E-state index contributed by atoms with van der Waals surface area (Å²) in [7, 11) is 0. The molecular formula is C11H16F3N3S. The van der Waals surface area contributed by atoms with E-state index in [0.29, 0.717) is 17.3 Å². The first-order valence-corrected chi connectivity index (χ1v) is 6.98. The van der Waals surface area contributed by atoms with Crippen molar-refractivity contribution in [1.82, 2.24) is 10.2 Å². The Labute approximate surface area is 108 Å². The molecule has 2 rings (SSSR count). The van der Waals surface area contributed by atoms with Crippen molar-refractivity contribution in [2.24, 2.45) is 5.92 Å². The molecule has 0 amide bonds. The zero-order chi connectivity index (χ0) is 13.2. The van der Waals surface area contributed by atoms with Crippen LogP contribution in [0.4, 0.5) is 18.3 Å². The molecule has 1 fully saturated rings. The highest BCUT2D eigenvalue weighted by atomic mass is 32.1. The number of hydrogen-bond donors (Lipinski definition) is 1. The minimum absolute atomic E-state index is 0.234. The van der Waals surface area contributed by atoms with Crippen LogP contribution in [0.3, 0.4) is 0 Å². The van der Waals surface area contributed by atoms with Gasteiger partial charge in [0.15, 0.2) is 0 Å². The Kier molecular flexibility index (Phi) is 4.09. The maximum atomic E-state index is 12.4. The average Bonchev–Trinajstić information content (AvgIpc) is 2.77. The lowest BCUT2D eigenvalue weighted by molar-refractivity contribution is -0.138. The van der Waals surface area contributed by atoms with E-state index in [-0.39, 0.29) is 11.2 Å². The average molecular weight is 279 g/mol. The Balaban J connectivity index is 1.95. The number of nitrogens with one attached hydrogen (secondary N) is 1. The smallest absolute Gasteiger partial charge is 0.357 e. The van der Waals surface area contributed by atoms with E-state index in [1.807, 2.05) is 0 Å². The van der Waals surface area contributed by atoms with Crippen LogP contribution >= 0.6 is 11.3 Å². The summed E-state index contributed by atoms with van der Waals surface area (Å²) in [5.74, 6) is 0.672. The number of nitrogens with zero attached hydrogens (tertiary/aromatic N) is 2. The molecule has 7 heteroatoms. The summed E-state index contributed by atoms with van der Waals surface area (Å²) < 4.78 is 37.1. The van der Waals surface area contributed by atoms with E-state index >= 15 is 0 Å². The summed E-state index contributed by atoms with van der Waals surface area (Å²) in [6, 6.07) is 0.234. The van der Waals surface area contributed by atoms with Crippen LogP contribution in [0, 0.1) is 5.92 Å². The minimum atomic E-state index is -4.39. The highest BCUT2D eigenvalue weighted by molar-refractivity contribution is 7.15. The fourth-order valence-electron chi connectivity index (χ4n) is 2.36. The molecule has 102 valence electrons. The third-order valence-electron chi connectivity index (χ3n) is 3.36. The van der Waals surface area contributed by atoms with Crippen molar-refractivity contribution in [2.75, 3.05) is 5.32 Å². The van der Waals surface area contributed by atoms with Crippen LogP contribution in [0.25, 0.3) is 0 Å². The topological polar surface area (TPSA) is 37.8 Å². The predicted molar refractivity (Wildman–Crippen MR) is 64.6 cm³/mol. The summed E-state index contributed by atoms with van der Waals surface area (Å²) in [5, 5.41) is 9.22. The van der Waals surface area contributed by atoms with Gasteiger partial charge in [0.1, 0.15) is 0 Å². The molecule has 0 saturated heterocycles. The monoisotopic (exact) mass is 279 g/mol. The molecule has 2 unspecified atom stereocenters. The van der Waals surface area contributed by atoms with Crippen molar-refractivity contribution < 1.29 is 13.2 Å². The maximum absolute atomic E-state index is 12.4. The van der Waals surface area contributed by atoms with Crippen molar-refractivity contribution in [2.45, 2.75) is 51.2 Å². The second-order valence-electron chi connectivity index (χ2n) is 4.69. The molecule has 1 saturated carbocycles. The lowest BCUT2D eigenvalue weighted by Gasteiger charge is -2.28. The first-order valence-electron chi connectivity index (χ1n) is 6.16. The normalized spacial score (nSPS) is 25.1. The molecule has 0 radical (unpaired) electrons. The Hall–Kier alpha value is -0.850. The van der Waals surface area contributed by atoms with E-state index in [0.717, 1.165) is 25.7 Å². The summed E-state index contributed by atoms with van der Waals surface area (Å²) in [5.41, 5.74) is 0. The fourth-order valence-corrected chi connectivity index (χ4v) is 3.05. The third kappa shape index (κ3) is 3.34. The quantitative estimate of drug-likeness (QED) is 0.910. The van der Waals surface area contributed by atoms with E-state index in [1.165, 1.54) is 6.42 Å². The Bertz CT molecular complexity index is 391. The number of anilines is 1. The maximum Gasteiger partial charge on any atom is 0.445 e. The molecule has 0 bridgehead atoms. The zero-order valence-electron chi connectivity index (χ0n) is 10.1. The van der Waals surface area contributed by atoms with Crippen LogP contribution in [0.2, 0.25) is 0 Å². The van der Waals surface area contributed by atoms with Gasteiger partial charge in [-0.1, -0.05) is 37.5 Å². The van der Waals surface area contributed by atoms with E-state index in [4.69, 9.17) is 0 Å². The van der Waals surface area contributed by atoms with Crippen molar-refractivity contribution in [3.05, 3.63) is 5.01 Å². The van der Waals surface area contributed by atoms with Crippen LogP contribution in [0.5, 0.6) is 0 Å². The van der Waals surface area contributed by atoms with E-state index in [9.17, 15) is 13.2 Å². The molecule has 0 aliphatic heterocycles. The molecule has 1 heterocycles. The van der Waals surface area contributed by atoms with Crippen molar-refractivity contribution >= 4 is 16.5 Å². The van der Waals surface area contributed by atoms with Crippen molar-refractivity contribution in [1.29, 1.82) is 0 Å². The van der Waals surface area contributed by atoms with Crippen LogP contribution in [0.15, 0.2) is 0 Å². The van der Waals surface area contributed by atoms with E-state index < -0.39 is 11.2 Å². The van der Waals surface area contributed by atoms with Crippen molar-refractivity contribution in [3.8, 4) is 0 Å². The van der Waals surface area contributed by atoms with Crippen LogP contribution in [0.1, 0.15) is 44.0 Å². The summed E-state index contributed by atoms with van der Waals surface area (Å²) in [6.07, 6.45) is 1.09. The molecule has 0 aromatic carbocycles. The molecule has 1 N–H and O–H groups in total. The molecule has 1 aliphatic carbocycles. The van der Waals surface area contributed by atoms with Gasteiger partial charge in [-0.15, -0.1) is 10.2 Å². The number of aromatic nitrogens is 2. The molecule has 3 nitrogen and oxygen atoms in total. The molecular weight excluding hydrogens is 263 g/mol. The van der Waals surface area contributed by atoms with Crippen molar-refractivity contribution in [3.63, 3.8) is 0 Å². The second-order valence-corrected chi connectivity index (χ2v) is 5.67. The molecule has 2 atom stereocenters. The molecule has 18 heavy (non-hydrogen) atoms. The van der Waals surface area contributed by atoms with Gasteiger partial charge in [-0.2, -0.15) is 13.2 Å². The van der Waals surface area contributed by atoms with E-state index in [1.54, 1.807) is 0 Å². The minimum Gasteiger partial charge on any atom is -0.357 e. The number of alkyl halides is 3. The highest BCUT2D eigenvalue weighted by Crippen LogP contribution is 2.34. The molecule has 1 aromatic rings. The standard InChI is InChI=1S/C11H16F3N3S/c1-2-7-4-3-5-8(6-7)15-10-17-16-9(18-10)11(12,13)14/h7-8H,2-6H2,1H3,(H,15,17). The van der Waals surface area contributed by atoms with Gasteiger partial charge in [-0.05, 0) is 18.8 Å². The Morgan fingerprint density at radius 2 is 2.11 bits per heavy atom. The van der Waals surface area contributed by atoms with Crippen LogP contribution < -0.4 is 5.32 Å². The second kappa shape index (κ2) is 5.42. The number of hydrogen-bond acceptors (Lipinski definition) is 4.